The van der Waals surface area contributed by atoms with Crippen LogP contribution in [0.5, 0.6) is 5.75 Å². The molecule has 0 spiro atoms. The lowest BCUT2D eigenvalue weighted by atomic mass is 10.1. The van der Waals surface area contributed by atoms with Crippen LogP contribution in [0.25, 0.3) is 22.1 Å². The van der Waals surface area contributed by atoms with Gasteiger partial charge in [0.25, 0.3) is 0 Å². The Kier molecular flexibility index (Phi) is 6.90. The molecule has 0 aliphatic heterocycles. The summed E-state index contributed by atoms with van der Waals surface area (Å²) in [5, 5.41) is 0.859. The molecule has 1 heterocycles. The minimum absolute atomic E-state index is 0.164. The number of esters is 1. The van der Waals surface area contributed by atoms with Gasteiger partial charge in [-0.3, -0.25) is 4.79 Å². The predicted octanol–water partition coefficient (Wildman–Crippen LogP) is 4.46. The van der Waals surface area contributed by atoms with Crippen LogP contribution in [0.4, 0.5) is 0 Å². The largest absolute Gasteiger partial charge is 0.479 e. The fourth-order valence-electron chi connectivity index (χ4n) is 2.76. The van der Waals surface area contributed by atoms with E-state index in [1.807, 2.05) is 6.92 Å². The van der Waals surface area contributed by atoms with Crippen LogP contribution in [0.1, 0.15) is 13.8 Å². The molecule has 0 radical (unpaired) electrons. The second-order valence-electron chi connectivity index (χ2n) is 6.24. The van der Waals surface area contributed by atoms with Gasteiger partial charge in [-0.05, 0) is 32.0 Å². The van der Waals surface area contributed by atoms with E-state index in [1.165, 1.54) is 6.26 Å². The Morgan fingerprint density at radius 3 is 2.69 bits per heavy atom. The Morgan fingerprint density at radius 1 is 1.14 bits per heavy atom. The van der Waals surface area contributed by atoms with E-state index < -0.39 is 12.1 Å². The van der Waals surface area contributed by atoms with Crippen LogP contribution >= 0.6 is 11.6 Å². The number of hydrogen-bond acceptors (Lipinski definition) is 6. The van der Waals surface area contributed by atoms with Crippen molar-refractivity contribution in [3.63, 3.8) is 0 Å². The molecule has 0 aliphatic carbocycles. The van der Waals surface area contributed by atoms with Crippen molar-refractivity contribution in [2.24, 2.45) is 0 Å². The van der Waals surface area contributed by atoms with Gasteiger partial charge >= 0.3 is 5.97 Å². The van der Waals surface area contributed by atoms with Gasteiger partial charge < -0.3 is 18.6 Å². The van der Waals surface area contributed by atoms with E-state index in [9.17, 15) is 9.59 Å². The van der Waals surface area contributed by atoms with Crippen molar-refractivity contribution in [1.82, 2.24) is 0 Å². The highest BCUT2D eigenvalue weighted by molar-refractivity contribution is 6.33. The molecule has 0 fully saturated rings. The van der Waals surface area contributed by atoms with Gasteiger partial charge in [0.2, 0.25) is 5.43 Å². The maximum Gasteiger partial charge on any atom is 0.347 e. The molecule has 29 heavy (non-hydrogen) atoms. The van der Waals surface area contributed by atoms with E-state index in [0.717, 1.165) is 0 Å². The molecule has 6 nitrogen and oxygen atoms in total. The zero-order valence-corrected chi connectivity index (χ0v) is 16.9. The summed E-state index contributed by atoms with van der Waals surface area (Å²) in [6, 6.07) is 11.8. The molecule has 152 valence electrons. The molecule has 0 bridgehead atoms. The van der Waals surface area contributed by atoms with Crippen LogP contribution in [0.3, 0.4) is 0 Å². The maximum absolute atomic E-state index is 12.8. The Labute approximate surface area is 172 Å². The van der Waals surface area contributed by atoms with E-state index in [4.69, 9.17) is 30.2 Å². The fraction of sp³-hybridized carbons (Fsp3) is 0.273. The van der Waals surface area contributed by atoms with Crippen molar-refractivity contribution in [2.75, 3.05) is 19.8 Å². The van der Waals surface area contributed by atoms with Crippen LogP contribution in [0.2, 0.25) is 5.02 Å². The molecule has 1 unspecified atom stereocenters. The summed E-state index contributed by atoms with van der Waals surface area (Å²) in [7, 11) is 0. The SMILES string of the molecule is CCOCCOC(=O)C(C)Oc1ccc2c(=O)c(-c3ccccc3Cl)coc2c1. The Hall–Kier alpha value is -2.83. The third kappa shape index (κ3) is 4.96. The van der Waals surface area contributed by atoms with E-state index in [2.05, 4.69) is 0 Å². The Bertz CT molecular complexity index is 1060. The van der Waals surface area contributed by atoms with Crippen LogP contribution in [-0.2, 0) is 14.3 Å². The molecular weight excluding hydrogens is 396 g/mol. The standard InChI is InChI=1S/C22H21ClO6/c1-3-26-10-11-27-22(25)14(2)29-15-8-9-17-20(12-15)28-13-18(21(17)24)16-6-4-5-7-19(16)23/h4-9,12-14H,3,10-11H2,1-2H3. The molecule has 1 atom stereocenters. The first kappa shape index (κ1) is 20.9. The molecule has 0 aliphatic rings. The first-order valence-electron chi connectivity index (χ1n) is 9.22. The number of rotatable bonds is 8. The number of carbonyl (C=O) groups excluding carboxylic acids is 1. The smallest absolute Gasteiger partial charge is 0.347 e. The van der Waals surface area contributed by atoms with E-state index in [1.54, 1.807) is 49.4 Å². The summed E-state index contributed by atoms with van der Waals surface area (Å²) in [5.41, 5.74) is 1.13. The van der Waals surface area contributed by atoms with Crippen LogP contribution < -0.4 is 10.2 Å². The highest BCUT2D eigenvalue weighted by atomic mass is 35.5. The first-order chi connectivity index (χ1) is 14.0. The summed E-state index contributed by atoms with van der Waals surface area (Å²) < 4.78 is 21.5. The van der Waals surface area contributed by atoms with E-state index in [0.29, 0.717) is 46.1 Å². The molecular formula is C22H21ClO6. The van der Waals surface area contributed by atoms with Crippen molar-refractivity contribution < 1.29 is 23.4 Å². The van der Waals surface area contributed by atoms with Gasteiger partial charge in [-0.25, -0.2) is 4.79 Å². The van der Waals surface area contributed by atoms with Gasteiger partial charge in [0.1, 0.15) is 24.2 Å². The predicted molar refractivity (Wildman–Crippen MR) is 110 cm³/mol. The molecule has 0 amide bonds. The maximum atomic E-state index is 12.8. The summed E-state index contributed by atoms with van der Waals surface area (Å²) in [6.45, 7) is 4.51. The molecule has 0 N–H and O–H groups in total. The summed E-state index contributed by atoms with van der Waals surface area (Å²) in [6.07, 6.45) is 0.560. The number of ether oxygens (including phenoxy) is 3. The molecule has 3 rings (SSSR count). The molecule has 7 heteroatoms. The average Bonchev–Trinajstić information content (AvgIpc) is 2.72. The summed E-state index contributed by atoms with van der Waals surface area (Å²) >= 11 is 6.20. The van der Waals surface area contributed by atoms with Gasteiger partial charge in [0.15, 0.2) is 6.10 Å². The van der Waals surface area contributed by atoms with E-state index in [-0.39, 0.29) is 12.0 Å². The quantitative estimate of drug-likeness (QED) is 0.398. The normalized spacial score (nSPS) is 12.0. The molecule has 0 saturated carbocycles. The lowest BCUT2D eigenvalue weighted by Gasteiger charge is -2.14. The molecule has 1 aromatic heterocycles. The van der Waals surface area contributed by atoms with Gasteiger partial charge in [0.05, 0.1) is 17.6 Å². The zero-order chi connectivity index (χ0) is 20.8. The van der Waals surface area contributed by atoms with Gasteiger partial charge in [-0.15, -0.1) is 0 Å². The fourth-order valence-corrected chi connectivity index (χ4v) is 3.00. The second kappa shape index (κ2) is 9.58. The highest BCUT2D eigenvalue weighted by Gasteiger charge is 2.17. The zero-order valence-electron chi connectivity index (χ0n) is 16.1. The Morgan fingerprint density at radius 2 is 1.93 bits per heavy atom. The Balaban J connectivity index is 1.77. The van der Waals surface area contributed by atoms with Crippen molar-refractivity contribution in [3.8, 4) is 16.9 Å². The number of hydrogen-bond donors (Lipinski definition) is 0. The average molecular weight is 417 g/mol. The third-order valence-electron chi connectivity index (χ3n) is 4.23. The third-order valence-corrected chi connectivity index (χ3v) is 4.56. The first-order valence-corrected chi connectivity index (χ1v) is 9.60. The van der Waals surface area contributed by atoms with Crippen molar-refractivity contribution in [1.29, 1.82) is 0 Å². The summed E-state index contributed by atoms with van der Waals surface area (Å²) in [4.78, 5) is 24.8. The monoisotopic (exact) mass is 416 g/mol. The van der Waals surface area contributed by atoms with E-state index >= 15 is 0 Å². The van der Waals surface area contributed by atoms with Crippen molar-refractivity contribution >= 4 is 28.5 Å². The number of halogens is 1. The number of benzene rings is 2. The summed E-state index contributed by atoms with van der Waals surface area (Å²) in [5.74, 6) is -0.110. The van der Waals surface area contributed by atoms with Crippen LogP contribution in [0.15, 0.2) is 57.9 Å². The second-order valence-corrected chi connectivity index (χ2v) is 6.65. The lowest BCUT2D eigenvalue weighted by Crippen LogP contribution is -2.27. The molecule has 2 aromatic carbocycles. The van der Waals surface area contributed by atoms with Crippen LogP contribution in [-0.4, -0.2) is 31.9 Å². The van der Waals surface area contributed by atoms with Crippen LogP contribution in [0, 0.1) is 0 Å². The minimum atomic E-state index is -0.816. The molecule has 0 saturated heterocycles. The molecule has 3 aromatic rings. The van der Waals surface area contributed by atoms with Crippen molar-refractivity contribution in [3.05, 3.63) is 64.0 Å². The van der Waals surface area contributed by atoms with Gasteiger partial charge in [0, 0.05) is 23.3 Å². The van der Waals surface area contributed by atoms with Gasteiger partial charge in [-0.1, -0.05) is 29.8 Å². The van der Waals surface area contributed by atoms with Gasteiger partial charge in [-0.2, -0.15) is 0 Å². The lowest BCUT2D eigenvalue weighted by molar-refractivity contribution is -0.152. The highest BCUT2D eigenvalue weighted by Crippen LogP contribution is 2.28. The topological polar surface area (TPSA) is 75.0 Å². The number of fused-ring (bicyclic) bond motifs is 1. The minimum Gasteiger partial charge on any atom is -0.479 e. The number of carbonyl (C=O) groups is 1. The van der Waals surface area contributed by atoms with Crippen molar-refractivity contribution in [2.45, 2.75) is 20.0 Å².